The van der Waals surface area contributed by atoms with Crippen LogP contribution in [0.2, 0.25) is 0 Å². The highest BCUT2D eigenvalue weighted by molar-refractivity contribution is 7.89. The first-order valence-corrected chi connectivity index (χ1v) is 10.3. The normalized spacial score (nSPS) is 11.9. The van der Waals surface area contributed by atoms with Crippen molar-refractivity contribution in [2.24, 2.45) is 0 Å². The molecule has 0 N–H and O–H groups in total. The van der Waals surface area contributed by atoms with Crippen molar-refractivity contribution in [1.82, 2.24) is 4.31 Å². The topological polar surface area (TPSA) is 37.4 Å². The van der Waals surface area contributed by atoms with E-state index in [4.69, 9.17) is 0 Å². The fourth-order valence-corrected chi connectivity index (χ4v) is 4.14. The maximum Gasteiger partial charge on any atom is 0.243 e. The number of benzene rings is 3. The van der Waals surface area contributed by atoms with Crippen LogP contribution in [0.3, 0.4) is 0 Å². The average Bonchev–Trinajstić information content (AvgIpc) is 2.69. The number of nitrogens with zero attached hydrogens (tertiary/aromatic N) is 1. The summed E-state index contributed by atoms with van der Waals surface area (Å²) in [4.78, 5) is 0.317. The number of hydrogen-bond acceptors (Lipinski definition) is 2. The maximum atomic E-state index is 13.2. The van der Waals surface area contributed by atoms with Gasteiger partial charge in [0.05, 0.1) is 4.90 Å². The summed E-state index contributed by atoms with van der Waals surface area (Å²) in [5.74, 6) is 0. The molecule has 0 saturated heterocycles. The van der Waals surface area contributed by atoms with Crippen LogP contribution in [-0.2, 0) is 16.6 Å². The Morgan fingerprint density at radius 3 is 2.04 bits per heavy atom. The molecular formula is C23H23NO2S. The SMILES string of the molecule is Cc1ccc(S(=O)(=O)N(C/C=C/c2ccccc2)Cc2ccccc2)cc1. The highest BCUT2D eigenvalue weighted by Crippen LogP contribution is 2.19. The molecule has 3 nitrogen and oxygen atoms in total. The zero-order valence-electron chi connectivity index (χ0n) is 15.3. The van der Waals surface area contributed by atoms with Gasteiger partial charge in [-0.2, -0.15) is 4.31 Å². The Labute approximate surface area is 161 Å². The molecule has 27 heavy (non-hydrogen) atoms. The van der Waals surface area contributed by atoms with E-state index in [9.17, 15) is 8.42 Å². The van der Waals surface area contributed by atoms with Crippen molar-refractivity contribution in [2.45, 2.75) is 18.4 Å². The predicted molar refractivity (Wildman–Crippen MR) is 111 cm³/mol. The Kier molecular flexibility index (Phi) is 6.22. The molecule has 4 heteroatoms. The lowest BCUT2D eigenvalue weighted by Gasteiger charge is -2.21. The lowest BCUT2D eigenvalue weighted by Crippen LogP contribution is -2.30. The van der Waals surface area contributed by atoms with Gasteiger partial charge in [0.15, 0.2) is 0 Å². The monoisotopic (exact) mass is 377 g/mol. The molecule has 0 heterocycles. The Bertz CT molecular complexity index is 980. The molecule has 0 saturated carbocycles. The molecule has 3 aromatic carbocycles. The molecular weight excluding hydrogens is 354 g/mol. The van der Waals surface area contributed by atoms with Gasteiger partial charge in [-0.3, -0.25) is 0 Å². The number of hydrogen-bond donors (Lipinski definition) is 0. The van der Waals surface area contributed by atoms with Crippen molar-refractivity contribution in [1.29, 1.82) is 0 Å². The summed E-state index contributed by atoms with van der Waals surface area (Å²) in [6, 6.07) is 26.5. The van der Waals surface area contributed by atoms with E-state index in [1.54, 1.807) is 12.1 Å². The van der Waals surface area contributed by atoms with E-state index in [2.05, 4.69) is 0 Å². The molecule has 0 amide bonds. The van der Waals surface area contributed by atoms with E-state index in [1.165, 1.54) is 4.31 Å². The second-order valence-corrected chi connectivity index (χ2v) is 8.35. The molecule has 138 valence electrons. The van der Waals surface area contributed by atoms with Gasteiger partial charge in [0.25, 0.3) is 0 Å². The van der Waals surface area contributed by atoms with Crippen LogP contribution in [0, 0.1) is 6.92 Å². The van der Waals surface area contributed by atoms with Crippen LogP contribution in [0.4, 0.5) is 0 Å². The van der Waals surface area contributed by atoms with Gasteiger partial charge < -0.3 is 0 Å². The maximum absolute atomic E-state index is 13.2. The van der Waals surface area contributed by atoms with Crippen LogP contribution in [0.5, 0.6) is 0 Å². The number of rotatable bonds is 7. The summed E-state index contributed by atoms with van der Waals surface area (Å²) in [6.07, 6.45) is 3.84. The predicted octanol–water partition coefficient (Wildman–Crippen LogP) is 4.90. The minimum absolute atomic E-state index is 0.306. The van der Waals surface area contributed by atoms with Crippen molar-refractivity contribution >= 4 is 16.1 Å². The highest BCUT2D eigenvalue weighted by atomic mass is 32.2. The first kappa shape index (κ1) is 19.1. The first-order chi connectivity index (χ1) is 13.1. The zero-order chi connectivity index (χ0) is 19.1. The average molecular weight is 378 g/mol. The summed E-state index contributed by atoms with van der Waals surface area (Å²) < 4.78 is 27.9. The third-order valence-electron chi connectivity index (χ3n) is 4.28. The molecule has 0 aromatic heterocycles. The quantitative estimate of drug-likeness (QED) is 0.587. The van der Waals surface area contributed by atoms with Gasteiger partial charge in [-0.15, -0.1) is 0 Å². The Morgan fingerprint density at radius 1 is 0.815 bits per heavy atom. The molecule has 3 rings (SSSR count). The van der Waals surface area contributed by atoms with Crippen LogP contribution in [0.15, 0.2) is 95.9 Å². The van der Waals surface area contributed by atoms with Gasteiger partial charge >= 0.3 is 0 Å². The summed E-state index contributed by atoms with van der Waals surface area (Å²) in [5, 5.41) is 0. The lowest BCUT2D eigenvalue weighted by atomic mass is 10.2. The molecule has 0 aliphatic rings. The zero-order valence-corrected chi connectivity index (χ0v) is 16.1. The lowest BCUT2D eigenvalue weighted by molar-refractivity contribution is 0.438. The minimum Gasteiger partial charge on any atom is -0.207 e. The highest BCUT2D eigenvalue weighted by Gasteiger charge is 2.23. The van der Waals surface area contributed by atoms with E-state index in [1.807, 2.05) is 91.9 Å². The second-order valence-electron chi connectivity index (χ2n) is 6.41. The molecule has 0 bridgehead atoms. The van der Waals surface area contributed by atoms with Gasteiger partial charge in [-0.25, -0.2) is 8.42 Å². The van der Waals surface area contributed by atoms with Crippen LogP contribution in [0.1, 0.15) is 16.7 Å². The Morgan fingerprint density at radius 2 is 1.41 bits per heavy atom. The molecule has 0 radical (unpaired) electrons. The third-order valence-corrected chi connectivity index (χ3v) is 6.11. The Hall–Kier alpha value is -2.69. The van der Waals surface area contributed by atoms with Crippen LogP contribution in [0.25, 0.3) is 6.08 Å². The van der Waals surface area contributed by atoms with Crippen molar-refractivity contribution in [3.63, 3.8) is 0 Å². The molecule has 0 aliphatic heterocycles. The van der Waals surface area contributed by atoms with Gasteiger partial charge in [0.1, 0.15) is 0 Å². The van der Waals surface area contributed by atoms with Gasteiger partial charge in [0.2, 0.25) is 10.0 Å². The largest absolute Gasteiger partial charge is 0.243 e. The smallest absolute Gasteiger partial charge is 0.207 e. The van der Waals surface area contributed by atoms with Crippen LogP contribution < -0.4 is 0 Å². The standard InChI is InChI=1S/C23H23NO2S/c1-20-14-16-23(17-15-20)27(25,26)24(19-22-11-6-3-7-12-22)18-8-13-21-9-4-2-5-10-21/h2-17H,18-19H2,1H3/b13-8+. The summed E-state index contributed by atoms with van der Waals surface area (Å²) >= 11 is 0. The number of sulfonamides is 1. The fraction of sp³-hybridized carbons (Fsp3) is 0.130. The molecule has 0 fully saturated rings. The van der Waals surface area contributed by atoms with Crippen molar-refractivity contribution < 1.29 is 8.42 Å². The van der Waals surface area contributed by atoms with E-state index in [0.29, 0.717) is 18.0 Å². The van der Waals surface area contributed by atoms with E-state index in [0.717, 1.165) is 16.7 Å². The summed E-state index contributed by atoms with van der Waals surface area (Å²) in [5.41, 5.74) is 3.04. The van der Waals surface area contributed by atoms with Crippen molar-refractivity contribution in [3.05, 3.63) is 108 Å². The molecule has 3 aromatic rings. The van der Waals surface area contributed by atoms with E-state index >= 15 is 0 Å². The molecule has 0 unspecified atom stereocenters. The fourth-order valence-electron chi connectivity index (χ4n) is 2.76. The van der Waals surface area contributed by atoms with E-state index in [-0.39, 0.29) is 0 Å². The summed E-state index contributed by atoms with van der Waals surface area (Å²) in [7, 11) is -3.59. The first-order valence-electron chi connectivity index (χ1n) is 8.88. The molecule has 0 spiro atoms. The number of aryl methyl sites for hydroxylation is 1. The van der Waals surface area contributed by atoms with Crippen molar-refractivity contribution in [2.75, 3.05) is 6.54 Å². The Balaban J connectivity index is 1.86. The van der Waals surface area contributed by atoms with Crippen LogP contribution >= 0.6 is 0 Å². The van der Waals surface area contributed by atoms with Gasteiger partial charge in [-0.05, 0) is 30.2 Å². The van der Waals surface area contributed by atoms with E-state index < -0.39 is 10.0 Å². The van der Waals surface area contributed by atoms with Crippen LogP contribution in [-0.4, -0.2) is 19.3 Å². The molecule has 0 atom stereocenters. The minimum atomic E-state index is -3.59. The van der Waals surface area contributed by atoms with Gasteiger partial charge in [0, 0.05) is 13.1 Å². The summed E-state index contributed by atoms with van der Waals surface area (Å²) in [6.45, 7) is 2.58. The molecule has 0 aliphatic carbocycles. The third kappa shape index (κ3) is 5.16. The second kappa shape index (κ2) is 8.80. The van der Waals surface area contributed by atoms with Crippen molar-refractivity contribution in [3.8, 4) is 0 Å². The van der Waals surface area contributed by atoms with Gasteiger partial charge in [-0.1, -0.05) is 90.5 Å².